The van der Waals surface area contributed by atoms with Crippen LogP contribution in [0.3, 0.4) is 0 Å². The van der Waals surface area contributed by atoms with E-state index < -0.39 is 9.84 Å². The van der Waals surface area contributed by atoms with Gasteiger partial charge >= 0.3 is 0 Å². The van der Waals surface area contributed by atoms with Crippen LogP contribution in [0, 0.1) is 0 Å². The van der Waals surface area contributed by atoms with Crippen LogP contribution >= 0.6 is 11.8 Å². The van der Waals surface area contributed by atoms with Gasteiger partial charge in [0.1, 0.15) is 11.5 Å². The van der Waals surface area contributed by atoms with Gasteiger partial charge < -0.3 is 9.47 Å². The minimum Gasteiger partial charge on any atom is -0.493 e. The highest BCUT2D eigenvalue weighted by molar-refractivity contribution is 8.01. The highest BCUT2D eigenvalue weighted by Crippen LogP contribution is 2.45. The number of para-hydroxylation sites is 1. The van der Waals surface area contributed by atoms with Gasteiger partial charge in [-0.1, -0.05) is 42.5 Å². The standard InChI is InChI=1S/C23H22O4S2/c24-29(25)17-22(28-20-10-5-2-6-11-20)21-13-12-19(16-23(21)29)27-15-7-14-26-18-8-3-1-4-9-18/h1-6,8-13,16,22H,7,14-15,17H2. The van der Waals surface area contributed by atoms with Crippen LogP contribution in [0.2, 0.25) is 0 Å². The zero-order valence-corrected chi connectivity index (χ0v) is 17.5. The summed E-state index contributed by atoms with van der Waals surface area (Å²) >= 11 is 1.59. The van der Waals surface area contributed by atoms with Crippen molar-refractivity contribution < 1.29 is 17.9 Å². The van der Waals surface area contributed by atoms with E-state index in [9.17, 15) is 8.42 Å². The molecule has 4 rings (SSSR count). The third kappa shape index (κ3) is 4.95. The molecule has 0 spiro atoms. The summed E-state index contributed by atoms with van der Waals surface area (Å²) in [5, 5.41) is -0.0919. The van der Waals surface area contributed by atoms with Gasteiger partial charge in [-0.15, -0.1) is 11.8 Å². The van der Waals surface area contributed by atoms with E-state index >= 15 is 0 Å². The fourth-order valence-electron chi connectivity index (χ4n) is 3.24. The number of hydrogen-bond acceptors (Lipinski definition) is 5. The Morgan fingerprint density at radius 2 is 1.48 bits per heavy atom. The summed E-state index contributed by atoms with van der Waals surface area (Å²) in [5.74, 6) is 1.53. The lowest BCUT2D eigenvalue weighted by atomic mass is 10.1. The molecule has 1 aliphatic rings. The topological polar surface area (TPSA) is 52.6 Å². The number of ether oxygens (including phenoxy) is 2. The summed E-state index contributed by atoms with van der Waals surface area (Å²) in [6.07, 6.45) is 0.714. The SMILES string of the molecule is O=S1(=O)CC(Sc2ccccc2)c2ccc(OCCCOc3ccccc3)cc21. The van der Waals surface area contributed by atoms with E-state index in [1.54, 1.807) is 17.8 Å². The molecular formula is C23H22O4S2. The smallest absolute Gasteiger partial charge is 0.180 e. The van der Waals surface area contributed by atoms with Crippen LogP contribution in [-0.2, 0) is 9.84 Å². The molecule has 0 saturated heterocycles. The Labute approximate surface area is 175 Å². The average molecular weight is 427 g/mol. The first-order valence-corrected chi connectivity index (χ1v) is 12.0. The van der Waals surface area contributed by atoms with E-state index in [1.807, 2.05) is 72.8 Å². The summed E-state index contributed by atoms with van der Waals surface area (Å²) < 4.78 is 36.7. The minimum absolute atomic E-state index is 0.0919. The quantitative estimate of drug-likeness (QED) is 0.466. The lowest BCUT2D eigenvalue weighted by molar-refractivity contribution is 0.247. The summed E-state index contributed by atoms with van der Waals surface area (Å²) in [5.41, 5.74) is 0.860. The average Bonchev–Trinajstić information content (AvgIpc) is 2.99. The molecule has 0 N–H and O–H groups in total. The molecule has 1 heterocycles. The molecule has 1 unspecified atom stereocenters. The Morgan fingerprint density at radius 1 is 0.828 bits per heavy atom. The van der Waals surface area contributed by atoms with Crippen molar-refractivity contribution in [2.24, 2.45) is 0 Å². The molecule has 3 aromatic rings. The van der Waals surface area contributed by atoms with Gasteiger partial charge in [-0.25, -0.2) is 8.42 Å². The van der Waals surface area contributed by atoms with E-state index in [1.165, 1.54) is 0 Å². The number of rotatable bonds is 8. The van der Waals surface area contributed by atoms with Crippen molar-refractivity contribution >= 4 is 21.6 Å². The largest absolute Gasteiger partial charge is 0.493 e. The molecule has 0 amide bonds. The maximum absolute atomic E-state index is 12.7. The number of thioether (sulfide) groups is 1. The number of fused-ring (bicyclic) bond motifs is 1. The van der Waals surface area contributed by atoms with E-state index in [0.29, 0.717) is 30.3 Å². The molecule has 0 bridgehead atoms. The molecule has 6 heteroatoms. The predicted molar refractivity (Wildman–Crippen MR) is 116 cm³/mol. The fraction of sp³-hybridized carbons (Fsp3) is 0.217. The van der Waals surface area contributed by atoms with Crippen molar-refractivity contribution in [3.8, 4) is 11.5 Å². The van der Waals surface area contributed by atoms with Crippen LogP contribution in [0.15, 0.2) is 88.7 Å². The highest BCUT2D eigenvalue weighted by atomic mass is 32.2. The van der Waals surface area contributed by atoms with Gasteiger partial charge in [-0.2, -0.15) is 0 Å². The number of hydrogen-bond donors (Lipinski definition) is 0. The fourth-order valence-corrected chi connectivity index (χ4v) is 6.72. The molecule has 150 valence electrons. The highest BCUT2D eigenvalue weighted by Gasteiger charge is 2.35. The summed E-state index contributed by atoms with van der Waals surface area (Å²) in [6, 6.07) is 24.9. The molecule has 0 radical (unpaired) electrons. The van der Waals surface area contributed by atoms with Gasteiger partial charge in [0.05, 0.1) is 29.1 Å². The first kappa shape index (κ1) is 19.9. The van der Waals surface area contributed by atoms with Crippen molar-refractivity contribution in [1.29, 1.82) is 0 Å². The molecule has 1 atom stereocenters. The second-order valence-electron chi connectivity index (χ2n) is 6.76. The van der Waals surface area contributed by atoms with E-state index in [0.717, 1.165) is 16.2 Å². The molecule has 3 aromatic carbocycles. The molecule has 4 nitrogen and oxygen atoms in total. The van der Waals surface area contributed by atoms with Gasteiger partial charge in [0.15, 0.2) is 9.84 Å². The summed E-state index contributed by atoms with van der Waals surface area (Å²) in [7, 11) is -3.29. The maximum Gasteiger partial charge on any atom is 0.180 e. The Balaban J connectivity index is 1.36. The Bertz CT molecular complexity index is 1050. The van der Waals surface area contributed by atoms with Gasteiger partial charge in [-0.05, 0) is 42.0 Å². The predicted octanol–water partition coefficient (Wildman–Crippen LogP) is 5.16. The van der Waals surface area contributed by atoms with E-state index in [2.05, 4.69) is 0 Å². The van der Waals surface area contributed by atoms with Crippen molar-refractivity contribution in [3.05, 3.63) is 84.4 Å². The lowest BCUT2D eigenvalue weighted by Crippen LogP contribution is -2.05. The zero-order valence-electron chi connectivity index (χ0n) is 15.9. The second-order valence-corrected chi connectivity index (χ2v) is 10.0. The molecule has 0 aromatic heterocycles. The van der Waals surface area contributed by atoms with Gasteiger partial charge in [0.25, 0.3) is 0 Å². The van der Waals surface area contributed by atoms with Crippen LogP contribution in [-0.4, -0.2) is 27.4 Å². The van der Waals surface area contributed by atoms with Gasteiger partial charge in [0.2, 0.25) is 0 Å². The van der Waals surface area contributed by atoms with Gasteiger partial charge in [0, 0.05) is 11.3 Å². The summed E-state index contributed by atoms with van der Waals surface area (Å²) in [6.45, 7) is 1.01. The Kier molecular flexibility index (Phi) is 6.11. The van der Waals surface area contributed by atoms with Gasteiger partial charge in [-0.3, -0.25) is 0 Å². The molecule has 0 aliphatic carbocycles. The molecule has 29 heavy (non-hydrogen) atoms. The van der Waals surface area contributed by atoms with Crippen molar-refractivity contribution in [2.75, 3.05) is 19.0 Å². The van der Waals surface area contributed by atoms with Crippen LogP contribution in [0.4, 0.5) is 0 Å². The normalized spacial score (nSPS) is 16.9. The van der Waals surface area contributed by atoms with Crippen LogP contribution in [0.25, 0.3) is 0 Å². The maximum atomic E-state index is 12.7. The number of sulfone groups is 1. The Hall–Kier alpha value is -2.44. The van der Waals surface area contributed by atoms with Crippen molar-refractivity contribution in [1.82, 2.24) is 0 Å². The summed E-state index contributed by atoms with van der Waals surface area (Å²) in [4.78, 5) is 1.46. The van der Waals surface area contributed by atoms with E-state index in [4.69, 9.17) is 9.47 Å². The van der Waals surface area contributed by atoms with Crippen molar-refractivity contribution in [3.63, 3.8) is 0 Å². The second kappa shape index (κ2) is 8.93. The minimum atomic E-state index is -3.29. The number of benzene rings is 3. The lowest BCUT2D eigenvalue weighted by Gasteiger charge is -2.11. The van der Waals surface area contributed by atoms with Crippen LogP contribution < -0.4 is 9.47 Å². The van der Waals surface area contributed by atoms with Crippen molar-refractivity contribution in [2.45, 2.75) is 21.5 Å². The molecule has 0 fully saturated rings. The van der Waals surface area contributed by atoms with Crippen LogP contribution in [0.1, 0.15) is 17.2 Å². The van der Waals surface area contributed by atoms with E-state index in [-0.39, 0.29) is 11.0 Å². The first-order valence-electron chi connectivity index (χ1n) is 9.51. The Morgan fingerprint density at radius 3 is 2.21 bits per heavy atom. The first-order chi connectivity index (χ1) is 14.1. The third-order valence-electron chi connectivity index (χ3n) is 4.63. The zero-order chi connectivity index (χ0) is 20.1. The van der Waals surface area contributed by atoms with Crippen LogP contribution in [0.5, 0.6) is 11.5 Å². The molecular weight excluding hydrogens is 404 g/mol. The molecule has 0 saturated carbocycles. The molecule has 1 aliphatic heterocycles. The third-order valence-corrected chi connectivity index (χ3v) is 7.88. The monoisotopic (exact) mass is 426 g/mol.